The van der Waals surface area contributed by atoms with E-state index >= 15 is 0 Å². The van der Waals surface area contributed by atoms with Crippen LogP contribution in [0.5, 0.6) is 5.75 Å². The molecule has 0 fully saturated rings. The second kappa shape index (κ2) is 5.71. The second-order valence-corrected chi connectivity index (χ2v) is 4.47. The van der Waals surface area contributed by atoms with Crippen molar-refractivity contribution in [3.63, 3.8) is 0 Å². The van der Waals surface area contributed by atoms with Crippen LogP contribution in [0, 0.1) is 0 Å². The summed E-state index contributed by atoms with van der Waals surface area (Å²) < 4.78 is 5.37. The summed E-state index contributed by atoms with van der Waals surface area (Å²) in [5, 5.41) is 0. The van der Waals surface area contributed by atoms with Crippen LogP contribution in [-0.4, -0.2) is 19.1 Å². The van der Waals surface area contributed by atoms with Crippen LogP contribution in [0.25, 0.3) is 0 Å². The van der Waals surface area contributed by atoms with E-state index in [9.17, 15) is 0 Å². The van der Waals surface area contributed by atoms with Gasteiger partial charge >= 0.3 is 0 Å². The van der Waals surface area contributed by atoms with Gasteiger partial charge in [0.25, 0.3) is 0 Å². The number of nitrogens with zero attached hydrogens (tertiary/aromatic N) is 2. The van der Waals surface area contributed by atoms with E-state index in [1.807, 2.05) is 55.3 Å². The largest absolute Gasteiger partial charge is 0.495 e. The van der Waals surface area contributed by atoms with Gasteiger partial charge in [0, 0.05) is 19.3 Å². The standard InChI is InChI=1S/C15H19N3O/c1-11(16)12-8-9-17-15(10-12)18(2)13-6-4-5-7-14(13)19-3/h4-11H,16H2,1-3H3/t11-/m0/s1. The van der Waals surface area contributed by atoms with E-state index in [0.717, 1.165) is 22.8 Å². The minimum absolute atomic E-state index is 0.00665. The number of nitrogens with two attached hydrogens (primary N) is 1. The van der Waals surface area contributed by atoms with E-state index in [-0.39, 0.29) is 6.04 Å². The normalized spacial score (nSPS) is 12.0. The molecule has 0 aliphatic heterocycles. The predicted octanol–water partition coefficient (Wildman–Crippen LogP) is 2.88. The fourth-order valence-electron chi connectivity index (χ4n) is 1.93. The fraction of sp³-hybridized carbons (Fsp3) is 0.267. The number of rotatable bonds is 4. The number of hydrogen-bond acceptors (Lipinski definition) is 4. The zero-order chi connectivity index (χ0) is 13.8. The molecular formula is C15H19N3O. The second-order valence-electron chi connectivity index (χ2n) is 4.47. The summed E-state index contributed by atoms with van der Waals surface area (Å²) in [4.78, 5) is 6.38. The number of hydrogen-bond donors (Lipinski definition) is 1. The van der Waals surface area contributed by atoms with Crippen LogP contribution in [0.1, 0.15) is 18.5 Å². The van der Waals surface area contributed by atoms with Crippen LogP contribution in [0.2, 0.25) is 0 Å². The molecule has 1 aromatic heterocycles. The molecule has 0 saturated heterocycles. The molecule has 0 aliphatic rings. The summed E-state index contributed by atoms with van der Waals surface area (Å²) in [6.07, 6.45) is 1.78. The van der Waals surface area contributed by atoms with E-state index in [1.165, 1.54) is 0 Å². The van der Waals surface area contributed by atoms with Crippen molar-refractivity contribution in [3.05, 3.63) is 48.2 Å². The molecule has 0 amide bonds. The van der Waals surface area contributed by atoms with E-state index in [0.29, 0.717) is 0 Å². The van der Waals surface area contributed by atoms with Crippen LogP contribution in [0.4, 0.5) is 11.5 Å². The summed E-state index contributed by atoms with van der Waals surface area (Å²) >= 11 is 0. The summed E-state index contributed by atoms with van der Waals surface area (Å²) in [6, 6.07) is 11.8. The third-order valence-electron chi connectivity index (χ3n) is 3.09. The zero-order valence-electron chi connectivity index (χ0n) is 11.5. The van der Waals surface area contributed by atoms with E-state index in [4.69, 9.17) is 10.5 Å². The average molecular weight is 257 g/mol. The van der Waals surface area contributed by atoms with E-state index in [2.05, 4.69) is 4.98 Å². The predicted molar refractivity (Wildman–Crippen MR) is 77.9 cm³/mol. The minimum atomic E-state index is -0.00665. The van der Waals surface area contributed by atoms with Gasteiger partial charge in [-0.25, -0.2) is 4.98 Å². The molecule has 1 atom stereocenters. The Morgan fingerprint density at radius 2 is 2.00 bits per heavy atom. The topological polar surface area (TPSA) is 51.4 Å². The highest BCUT2D eigenvalue weighted by atomic mass is 16.5. The molecule has 0 spiro atoms. The summed E-state index contributed by atoms with van der Waals surface area (Å²) in [7, 11) is 3.63. The lowest BCUT2D eigenvalue weighted by Crippen LogP contribution is -2.13. The van der Waals surface area contributed by atoms with Gasteiger partial charge in [-0.1, -0.05) is 12.1 Å². The van der Waals surface area contributed by atoms with Gasteiger partial charge in [0.2, 0.25) is 0 Å². The third kappa shape index (κ3) is 2.85. The van der Waals surface area contributed by atoms with Crippen LogP contribution in [0.15, 0.2) is 42.6 Å². The molecular weight excluding hydrogens is 238 g/mol. The van der Waals surface area contributed by atoms with Gasteiger partial charge in [0.15, 0.2) is 0 Å². The number of pyridine rings is 1. The van der Waals surface area contributed by atoms with E-state index < -0.39 is 0 Å². The Kier molecular flexibility index (Phi) is 4.02. The van der Waals surface area contributed by atoms with Gasteiger partial charge in [0.05, 0.1) is 12.8 Å². The van der Waals surface area contributed by atoms with Crippen LogP contribution < -0.4 is 15.4 Å². The molecule has 2 rings (SSSR count). The number of anilines is 2. The number of methoxy groups -OCH3 is 1. The van der Waals surface area contributed by atoms with Crippen LogP contribution >= 0.6 is 0 Å². The Bertz CT molecular complexity index is 555. The molecule has 4 heteroatoms. The van der Waals surface area contributed by atoms with Crippen LogP contribution in [-0.2, 0) is 0 Å². The summed E-state index contributed by atoms with van der Waals surface area (Å²) in [5.74, 6) is 1.66. The molecule has 4 nitrogen and oxygen atoms in total. The van der Waals surface area contributed by atoms with Gasteiger partial charge in [-0.15, -0.1) is 0 Å². The van der Waals surface area contributed by atoms with Crippen molar-refractivity contribution in [1.82, 2.24) is 4.98 Å². The quantitative estimate of drug-likeness (QED) is 0.915. The first-order valence-electron chi connectivity index (χ1n) is 6.21. The number of benzene rings is 1. The molecule has 0 aliphatic carbocycles. The highest BCUT2D eigenvalue weighted by Crippen LogP contribution is 2.31. The first kappa shape index (κ1) is 13.4. The molecule has 0 radical (unpaired) electrons. The molecule has 1 heterocycles. The Morgan fingerprint density at radius 3 is 2.68 bits per heavy atom. The molecule has 2 N–H and O–H groups in total. The minimum Gasteiger partial charge on any atom is -0.495 e. The fourth-order valence-corrected chi connectivity index (χ4v) is 1.93. The SMILES string of the molecule is COc1ccccc1N(C)c1cc([C@H](C)N)ccn1. The van der Waals surface area contributed by atoms with Crippen molar-refractivity contribution < 1.29 is 4.74 Å². The van der Waals surface area contributed by atoms with E-state index in [1.54, 1.807) is 13.3 Å². The molecule has 100 valence electrons. The smallest absolute Gasteiger partial charge is 0.142 e. The van der Waals surface area contributed by atoms with Gasteiger partial charge in [0.1, 0.15) is 11.6 Å². The summed E-state index contributed by atoms with van der Waals surface area (Å²) in [6.45, 7) is 1.96. The molecule has 1 aromatic carbocycles. The molecule has 0 unspecified atom stereocenters. The Hall–Kier alpha value is -2.07. The molecule has 0 bridgehead atoms. The van der Waals surface area contributed by atoms with Gasteiger partial charge in [-0.2, -0.15) is 0 Å². The summed E-state index contributed by atoms with van der Waals surface area (Å²) in [5.41, 5.74) is 7.94. The Balaban J connectivity index is 2.38. The maximum Gasteiger partial charge on any atom is 0.142 e. The van der Waals surface area contributed by atoms with Crippen LogP contribution in [0.3, 0.4) is 0 Å². The third-order valence-corrected chi connectivity index (χ3v) is 3.09. The van der Waals surface area contributed by atoms with Gasteiger partial charge < -0.3 is 15.4 Å². The lowest BCUT2D eigenvalue weighted by Gasteiger charge is -2.21. The van der Waals surface area contributed by atoms with Crippen molar-refractivity contribution in [2.24, 2.45) is 5.73 Å². The van der Waals surface area contributed by atoms with Crippen molar-refractivity contribution in [2.75, 3.05) is 19.1 Å². The molecule has 2 aromatic rings. The molecule has 0 saturated carbocycles. The lowest BCUT2D eigenvalue weighted by atomic mass is 10.1. The maximum atomic E-state index is 5.91. The van der Waals surface area contributed by atoms with Crippen molar-refractivity contribution >= 4 is 11.5 Å². The molecule has 19 heavy (non-hydrogen) atoms. The lowest BCUT2D eigenvalue weighted by molar-refractivity contribution is 0.415. The average Bonchev–Trinajstić information content (AvgIpc) is 2.46. The highest BCUT2D eigenvalue weighted by Gasteiger charge is 2.11. The number of aromatic nitrogens is 1. The van der Waals surface area contributed by atoms with Crippen molar-refractivity contribution in [2.45, 2.75) is 13.0 Å². The Morgan fingerprint density at radius 1 is 1.26 bits per heavy atom. The van der Waals surface area contributed by atoms with Crippen molar-refractivity contribution in [3.8, 4) is 5.75 Å². The maximum absolute atomic E-state index is 5.91. The van der Waals surface area contributed by atoms with Gasteiger partial charge in [-0.05, 0) is 36.8 Å². The number of ether oxygens (including phenoxy) is 1. The van der Waals surface area contributed by atoms with Crippen molar-refractivity contribution in [1.29, 1.82) is 0 Å². The Labute approximate surface area is 113 Å². The highest BCUT2D eigenvalue weighted by molar-refractivity contribution is 5.66. The van der Waals surface area contributed by atoms with Gasteiger partial charge in [-0.3, -0.25) is 0 Å². The monoisotopic (exact) mass is 257 g/mol. The first-order chi connectivity index (χ1) is 9.13. The first-order valence-corrected chi connectivity index (χ1v) is 6.21. The zero-order valence-corrected chi connectivity index (χ0v) is 11.5. The number of para-hydroxylation sites is 2.